The Bertz CT molecular complexity index is 875. The minimum Gasteiger partial charge on any atom is -0.405 e. The Morgan fingerprint density at radius 1 is 0.966 bits per heavy atom. The standard InChI is InChI=1S/C22H29B2ClN2O2/c1-21(2)22(3,4)29-23(28-21)15-17(11-5-6-14-25)24-26-18-12-7-9-16-10-8-13-19(27-24)20(16)18/h7-10,12-13,15,26-27H,5-6,11,14H2,1-4H3/b17-15-. The van der Waals surface area contributed by atoms with Crippen molar-refractivity contribution in [3.8, 4) is 0 Å². The van der Waals surface area contributed by atoms with Gasteiger partial charge in [-0.05, 0) is 64.5 Å². The van der Waals surface area contributed by atoms with E-state index in [-0.39, 0.29) is 25.3 Å². The summed E-state index contributed by atoms with van der Waals surface area (Å²) in [4.78, 5) is 0. The van der Waals surface area contributed by atoms with Crippen molar-refractivity contribution >= 4 is 47.8 Å². The Morgan fingerprint density at radius 3 is 2.10 bits per heavy atom. The summed E-state index contributed by atoms with van der Waals surface area (Å²) < 4.78 is 12.5. The molecule has 0 atom stereocenters. The van der Waals surface area contributed by atoms with E-state index in [1.807, 2.05) is 0 Å². The molecule has 0 unspecified atom stereocenters. The quantitative estimate of drug-likeness (QED) is 0.366. The summed E-state index contributed by atoms with van der Waals surface area (Å²) >= 11 is 5.94. The Morgan fingerprint density at radius 2 is 1.55 bits per heavy atom. The van der Waals surface area contributed by atoms with Gasteiger partial charge in [0.2, 0.25) is 0 Å². The summed E-state index contributed by atoms with van der Waals surface area (Å²) in [5.74, 6) is 2.82. The number of nitrogens with one attached hydrogen (secondary N) is 2. The molecule has 2 N–H and O–H groups in total. The van der Waals surface area contributed by atoms with E-state index in [0.717, 1.165) is 30.6 Å². The van der Waals surface area contributed by atoms with Crippen molar-refractivity contribution in [3.63, 3.8) is 0 Å². The molecular formula is C22H29B2ClN2O2. The number of anilines is 2. The molecule has 2 aromatic rings. The van der Waals surface area contributed by atoms with Crippen LogP contribution in [0, 0.1) is 0 Å². The van der Waals surface area contributed by atoms with Crippen LogP contribution in [0.1, 0.15) is 47.0 Å². The second-order valence-electron chi connectivity index (χ2n) is 8.94. The van der Waals surface area contributed by atoms with Crippen LogP contribution in [0.4, 0.5) is 11.4 Å². The smallest absolute Gasteiger partial charge is 0.405 e. The largest absolute Gasteiger partial charge is 0.486 e. The summed E-state index contributed by atoms with van der Waals surface area (Å²) in [6.45, 7) is 8.33. The number of hydrogen-bond acceptors (Lipinski definition) is 4. The molecule has 29 heavy (non-hydrogen) atoms. The molecule has 1 saturated heterocycles. The summed E-state index contributed by atoms with van der Waals surface area (Å²) in [5, 5.41) is 9.83. The lowest BCUT2D eigenvalue weighted by atomic mass is 9.60. The van der Waals surface area contributed by atoms with Crippen LogP contribution in [0.15, 0.2) is 47.8 Å². The highest BCUT2D eigenvalue weighted by Crippen LogP contribution is 2.39. The molecule has 0 radical (unpaired) electrons. The fraction of sp³-hybridized carbons (Fsp3) is 0.455. The predicted octanol–water partition coefficient (Wildman–Crippen LogP) is 5.67. The molecule has 0 aromatic heterocycles. The molecule has 4 rings (SSSR count). The summed E-state index contributed by atoms with van der Waals surface area (Å²) in [5.41, 5.74) is 2.85. The number of rotatable bonds is 6. The van der Waals surface area contributed by atoms with Crippen LogP contribution in [0.2, 0.25) is 0 Å². The molecule has 1 fully saturated rings. The number of unbranched alkanes of at least 4 members (excludes halogenated alkanes) is 1. The molecule has 2 aliphatic rings. The molecule has 152 valence electrons. The highest BCUT2D eigenvalue weighted by Gasteiger charge is 2.50. The van der Waals surface area contributed by atoms with Crippen molar-refractivity contribution in [2.75, 3.05) is 16.3 Å². The Labute approximate surface area is 179 Å². The Hall–Kier alpha value is -1.62. The van der Waals surface area contributed by atoms with Gasteiger partial charge in [0.15, 0.2) is 0 Å². The van der Waals surface area contributed by atoms with Gasteiger partial charge in [-0.25, -0.2) is 0 Å². The third kappa shape index (κ3) is 4.03. The van der Waals surface area contributed by atoms with Gasteiger partial charge in [-0.1, -0.05) is 35.7 Å². The normalized spacial score (nSPS) is 20.0. The van der Waals surface area contributed by atoms with E-state index in [4.69, 9.17) is 20.9 Å². The topological polar surface area (TPSA) is 42.5 Å². The number of alkyl halides is 1. The van der Waals surface area contributed by atoms with Gasteiger partial charge in [-0.15, -0.1) is 11.6 Å². The number of halogens is 1. The molecule has 0 spiro atoms. The fourth-order valence-electron chi connectivity index (χ4n) is 3.99. The molecule has 0 bridgehead atoms. The van der Waals surface area contributed by atoms with E-state index < -0.39 is 0 Å². The third-order valence-electron chi connectivity index (χ3n) is 6.35. The Balaban J connectivity index is 1.63. The lowest BCUT2D eigenvalue weighted by Gasteiger charge is -2.32. The Kier molecular flexibility index (Phi) is 5.62. The highest BCUT2D eigenvalue weighted by atomic mass is 35.5. The maximum Gasteiger partial charge on any atom is 0.486 e. The van der Waals surface area contributed by atoms with E-state index in [9.17, 15) is 0 Å². The summed E-state index contributed by atoms with van der Waals surface area (Å²) in [6.07, 6.45) is 2.95. The van der Waals surface area contributed by atoms with Crippen LogP contribution >= 0.6 is 11.6 Å². The molecule has 0 amide bonds. The van der Waals surface area contributed by atoms with Gasteiger partial charge in [-0.2, -0.15) is 0 Å². The first-order valence-electron chi connectivity index (χ1n) is 10.5. The zero-order valence-corrected chi connectivity index (χ0v) is 18.5. The second-order valence-corrected chi connectivity index (χ2v) is 9.32. The number of allylic oxidation sites excluding steroid dienone is 1. The molecule has 4 nitrogen and oxygen atoms in total. The van der Waals surface area contributed by atoms with Gasteiger partial charge in [0.05, 0.1) is 11.2 Å². The van der Waals surface area contributed by atoms with Gasteiger partial charge in [0.25, 0.3) is 0 Å². The average Bonchev–Trinajstić information content (AvgIpc) is 2.87. The molecular weight excluding hydrogens is 381 g/mol. The molecule has 0 saturated carbocycles. The zero-order chi connectivity index (χ0) is 20.6. The van der Waals surface area contributed by atoms with Crippen LogP contribution < -0.4 is 10.5 Å². The maximum absolute atomic E-state index is 6.24. The van der Waals surface area contributed by atoms with Crippen molar-refractivity contribution in [1.29, 1.82) is 0 Å². The van der Waals surface area contributed by atoms with Crippen molar-refractivity contribution in [2.24, 2.45) is 0 Å². The first-order valence-corrected chi connectivity index (χ1v) is 11.0. The summed E-state index contributed by atoms with van der Waals surface area (Å²) in [7, 11) is -0.359. The second kappa shape index (κ2) is 7.90. The molecule has 2 aromatic carbocycles. The molecule has 2 aliphatic heterocycles. The lowest BCUT2D eigenvalue weighted by molar-refractivity contribution is 0.00578. The van der Waals surface area contributed by atoms with E-state index in [2.05, 4.69) is 80.5 Å². The predicted molar refractivity (Wildman–Crippen MR) is 126 cm³/mol. The van der Waals surface area contributed by atoms with Crippen molar-refractivity contribution in [1.82, 2.24) is 0 Å². The van der Waals surface area contributed by atoms with E-state index in [0.29, 0.717) is 5.88 Å². The SMILES string of the molecule is CC1(C)OB(/C=C(/CCCCCl)B2Nc3cccc4cccc(c34)N2)OC1(C)C. The zero-order valence-electron chi connectivity index (χ0n) is 17.7. The van der Waals surface area contributed by atoms with Gasteiger partial charge in [0.1, 0.15) is 0 Å². The van der Waals surface area contributed by atoms with E-state index in [1.165, 1.54) is 16.2 Å². The van der Waals surface area contributed by atoms with Crippen LogP contribution in [0.25, 0.3) is 10.8 Å². The van der Waals surface area contributed by atoms with Crippen LogP contribution in [-0.4, -0.2) is 31.2 Å². The maximum atomic E-state index is 6.24. The van der Waals surface area contributed by atoms with Gasteiger partial charge in [0, 0.05) is 22.6 Å². The van der Waals surface area contributed by atoms with Gasteiger partial charge in [-0.3, -0.25) is 0 Å². The van der Waals surface area contributed by atoms with Crippen LogP contribution in [0.3, 0.4) is 0 Å². The minimum atomic E-state index is -0.359. The third-order valence-corrected chi connectivity index (χ3v) is 6.61. The number of hydrogen-bond donors (Lipinski definition) is 2. The summed E-state index contributed by atoms with van der Waals surface area (Å²) in [6, 6.07) is 12.8. The van der Waals surface area contributed by atoms with Crippen molar-refractivity contribution in [2.45, 2.75) is 58.2 Å². The van der Waals surface area contributed by atoms with Crippen molar-refractivity contribution in [3.05, 3.63) is 47.8 Å². The van der Waals surface area contributed by atoms with E-state index >= 15 is 0 Å². The van der Waals surface area contributed by atoms with Gasteiger partial charge >= 0.3 is 14.1 Å². The minimum absolute atomic E-state index is 0.00940. The first-order chi connectivity index (χ1) is 13.8. The molecule has 2 heterocycles. The van der Waals surface area contributed by atoms with Gasteiger partial charge < -0.3 is 19.8 Å². The molecule has 7 heteroatoms. The van der Waals surface area contributed by atoms with Crippen molar-refractivity contribution < 1.29 is 9.31 Å². The average molecular weight is 411 g/mol. The number of benzene rings is 2. The lowest BCUT2D eigenvalue weighted by Crippen LogP contribution is -2.41. The highest BCUT2D eigenvalue weighted by molar-refractivity contribution is 6.76. The molecule has 0 aliphatic carbocycles. The van der Waals surface area contributed by atoms with Crippen LogP contribution in [0.5, 0.6) is 0 Å². The van der Waals surface area contributed by atoms with Crippen LogP contribution in [-0.2, 0) is 9.31 Å². The first kappa shape index (κ1) is 20.6. The fourth-order valence-corrected chi connectivity index (χ4v) is 4.18. The monoisotopic (exact) mass is 410 g/mol. The van der Waals surface area contributed by atoms with E-state index in [1.54, 1.807) is 0 Å².